The Balaban J connectivity index is 2.90. The average Bonchev–Trinajstić information content (AvgIpc) is 2.22. The minimum absolute atomic E-state index is 0.258. The number of carbonyl (C=O) groups is 1. The SMILES string of the molecule is COC(=O)CS(=O)(=O)Nc1cc(C)ccc1N. The molecule has 3 N–H and O–H groups in total. The van der Waals surface area contributed by atoms with E-state index in [0.717, 1.165) is 12.7 Å². The van der Waals surface area contributed by atoms with Gasteiger partial charge in [0.05, 0.1) is 18.5 Å². The summed E-state index contributed by atoms with van der Waals surface area (Å²) >= 11 is 0. The molecule has 7 heteroatoms. The maximum Gasteiger partial charge on any atom is 0.322 e. The topological polar surface area (TPSA) is 98.5 Å². The molecular weight excluding hydrogens is 244 g/mol. The largest absolute Gasteiger partial charge is 0.468 e. The van der Waals surface area contributed by atoms with Crippen molar-refractivity contribution in [1.29, 1.82) is 0 Å². The van der Waals surface area contributed by atoms with Gasteiger partial charge in [-0.05, 0) is 24.6 Å². The maximum atomic E-state index is 11.6. The number of nitrogen functional groups attached to an aromatic ring is 1. The van der Waals surface area contributed by atoms with Crippen molar-refractivity contribution in [2.24, 2.45) is 0 Å². The number of ether oxygens (including phenoxy) is 1. The Morgan fingerprint density at radius 1 is 1.47 bits per heavy atom. The number of esters is 1. The van der Waals surface area contributed by atoms with Gasteiger partial charge in [0.2, 0.25) is 10.0 Å². The summed E-state index contributed by atoms with van der Waals surface area (Å²) in [5, 5.41) is 0. The summed E-state index contributed by atoms with van der Waals surface area (Å²) in [6, 6.07) is 4.93. The number of anilines is 2. The minimum atomic E-state index is -3.79. The fourth-order valence-corrected chi connectivity index (χ4v) is 2.19. The van der Waals surface area contributed by atoms with Crippen molar-refractivity contribution < 1.29 is 17.9 Å². The normalized spacial score (nSPS) is 10.9. The van der Waals surface area contributed by atoms with Crippen LogP contribution in [0.15, 0.2) is 18.2 Å². The molecule has 1 aromatic carbocycles. The molecule has 0 aliphatic carbocycles. The van der Waals surface area contributed by atoms with Gasteiger partial charge in [-0.15, -0.1) is 0 Å². The van der Waals surface area contributed by atoms with Gasteiger partial charge in [0, 0.05) is 0 Å². The number of methoxy groups -OCH3 is 1. The Kier molecular flexibility index (Phi) is 3.95. The highest BCUT2D eigenvalue weighted by molar-refractivity contribution is 7.93. The Bertz CT molecular complexity index is 525. The van der Waals surface area contributed by atoms with Gasteiger partial charge in [-0.3, -0.25) is 9.52 Å². The van der Waals surface area contributed by atoms with E-state index in [4.69, 9.17) is 5.73 Å². The minimum Gasteiger partial charge on any atom is -0.468 e. The van der Waals surface area contributed by atoms with E-state index in [1.165, 1.54) is 0 Å². The first-order valence-corrected chi connectivity index (χ1v) is 6.43. The van der Waals surface area contributed by atoms with Crippen LogP contribution in [0.3, 0.4) is 0 Å². The number of hydrogen-bond donors (Lipinski definition) is 2. The van der Waals surface area contributed by atoms with Crippen molar-refractivity contribution in [2.45, 2.75) is 6.92 Å². The monoisotopic (exact) mass is 258 g/mol. The van der Waals surface area contributed by atoms with E-state index in [1.54, 1.807) is 25.1 Å². The molecule has 0 aromatic heterocycles. The van der Waals surface area contributed by atoms with Crippen molar-refractivity contribution in [2.75, 3.05) is 23.3 Å². The predicted molar refractivity (Wildman–Crippen MR) is 65.0 cm³/mol. The molecule has 0 bridgehead atoms. The van der Waals surface area contributed by atoms with Gasteiger partial charge in [0.1, 0.15) is 0 Å². The molecule has 0 atom stereocenters. The maximum absolute atomic E-state index is 11.6. The second-order valence-electron chi connectivity index (χ2n) is 3.53. The molecule has 17 heavy (non-hydrogen) atoms. The number of nitrogens with two attached hydrogens (primary N) is 1. The Hall–Kier alpha value is -1.76. The standard InChI is InChI=1S/C10H14N2O4S/c1-7-3-4-8(11)9(5-7)12-17(14,15)6-10(13)16-2/h3-5,12H,6,11H2,1-2H3. The summed E-state index contributed by atoms with van der Waals surface area (Å²) in [5.74, 6) is -1.57. The molecule has 6 nitrogen and oxygen atoms in total. The number of hydrogen-bond acceptors (Lipinski definition) is 5. The zero-order valence-corrected chi connectivity index (χ0v) is 10.4. The number of carbonyl (C=O) groups excluding carboxylic acids is 1. The Labute approximate surface area is 99.8 Å². The van der Waals surface area contributed by atoms with Crippen LogP contribution < -0.4 is 10.5 Å². The van der Waals surface area contributed by atoms with Crippen LogP contribution in [0.4, 0.5) is 11.4 Å². The fraction of sp³-hybridized carbons (Fsp3) is 0.300. The Morgan fingerprint density at radius 3 is 2.71 bits per heavy atom. The molecule has 0 amide bonds. The molecule has 0 unspecified atom stereocenters. The number of sulfonamides is 1. The second-order valence-corrected chi connectivity index (χ2v) is 5.25. The number of aryl methyl sites for hydroxylation is 1. The molecule has 0 aliphatic rings. The molecular formula is C10H14N2O4S. The highest BCUT2D eigenvalue weighted by atomic mass is 32.2. The van der Waals surface area contributed by atoms with Gasteiger partial charge in [-0.25, -0.2) is 8.42 Å². The van der Waals surface area contributed by atoms with Crippen molar-refractivity contribution in [1.82, 2.24) is 0 Å². The van der Waals surface area contributed by atoms with Crippen LogP contribution in [0, 0.1) is 6.92 Å². The summed E-state index contributed by atoms with van der Waals surface area (Å²) < 4.78 is 29.7. The van der Waals surface area contributed by atoms with Crippen molar-refractivity contribution in [3.05, 3.63) is 23.8 Å². The van der Waals surface area contributed by atoms with E-state index in [9.17, 15) is 13.2 Å². The van der Waals surface area contributed by atoms with Crippen molar-refractivity contribution >= 4 is 27.4 Å². The van der Waals surface area contributed by atoms with Gasteiger partial charge in [-0.1, -0.05) is 6.07 Å². The third kappa shape index (κ3) is 3.95. The lowest BCUT2D eigenvalue weighted by Crippen LogP contribution is -2.24. The molecule has 0 saturated heterocycles. The highest BCUT2D eigenvalue weighted by Crippen LogP contribution is 2.20. The van der Waals surface area contributed by atoms with E-state index in [1.807, 2.05) is 0 Å². The average molecular weight is 258 g/mol. The lowest BCUT2D eigenvalue weighted by molar-refractivity contribution is -0.137. The van der Waals surface area contributed by atoms with E-state index in [2.05, 4.69) is 9.46 Å². The van der Waals surface area contributed by atoms with Crippen LogP contribution >= 0.6 is 0 Å². The van der Waals surface area contributed by atoms with Crippen LogP contribution in [0.5, 0.6) is 0 Å². The van der Waals surface area contributed by atoms with E-state index in [-0.39, 0.29) is 5.69 Å². The molecule has 0 heterocycles. The first kappa shape index (κ1) is 13.3. The fourth-order valence-electron chi connectivity index (χ4n) is 1.18. The molecule has 0 radical (unpaired) electrons. The summed E-state index contributed by atoms with van der Waals surface area (Å²) in [6.45, 7) is 1.80. The van der Waals surface area contributed by atoms with Gasteiger partial charge in [0.25, 0.3) is 0 Å². The molecule has 1 aromatic rings. The van der Waals surface area contributed by atoms with E-state index in [0.29, 0.717) is 5.69 Å². The van der Waals surface area contributed by atoms with Crippen molar-refractivity contribution in [3.8, 4) is 0 Å². The third-order valence-corrected chi connectivity index (χ3v) is 3.16. The van der Waals surface area contributed by atoms with Crippen molar-refractivity contribution in [3.63, 3.8) is 0 Å². The first-order valence-electron chi connectivity index (χ1n) is 4.77. The lowest BCUT2D eigenvalue weighted by atomic mass is 10.2. The highest BCUT2D eigenvalue weighted by Gasteiger charge is 2.17. The van der Waals surface area contributed by atoms with Gasteiger partial charge < -0.3 is 10.5 Å². The number of nitrogens with one attached hydrogen (secondary N) is 1. The van der Waals surface area contributed by atoms with Gasteiger partial charge >= 0.3 is 5.97 Å². The summed E-state index contributed by atoms with van der Waals surface area (Å²) in [4.78, 5) is 10.9. The molecule has 0 fully saturated rings. The van der Waals surface area contributed by atoms with Crippen LogP contribution in [-0.4, -0.2) is 27.2 Å². The molecule has 0 saturated carbocycles. The molecule has 1 rings (SSSR count). The molecule has 94 valence electrons. The Morgan fingerprint density at radius 2 is 2.12 bits per heavy atom. The van der Waals surface area contributed by atoms with Gasteiger partial charge in [0.15, 0.2) is 5.75 Å². The summed E-state index contributed by atoms with van der Waals surface area (Å²) in [5.41, 5.74) is 7.03. The number of benzene rings is 1. The van der Waals surface area contributed by atoms with Crippen LogP contribution in [0.2, 0.25) is 0 Å². The first-order chi connectivity index (χ1) is 7.84. The summed E-state index contributed by atoms with van der Waals surface area (Å²) in [6.07, 6.45) is 0. The lowest BCUT2D eigenvalue weighted by Gasteiger charge is -2.10. The third-order valence-electron chi connectivity index (χ3n) is 2.01. The van der Waals surface area contributed by atoms with Crippen LogP contribution in [0.25, 0.3) is 0 Å². The summed E-state index contributed by atoms with van der Waals surface area (Å²) in [7, 11) is -2.67. The molecule has 0 spiro atoms. The zero-order chi connectivity index (χ0) is 13.1. The van der Waals surface area contributed by atoms with Crippen LogP contribution in [-0.2, 0) is 19.6 Å². The predicted octanol–water partition coefficient (Wildman–Crippen LogP) is 0.492. The smallest absolute Gasteiger partial charge is 0.322 e. The molecule has 0 aliphatic heterocycles. The van der Waals surface area contributed by atoms with Gasteiger partial charge in [-0.2, -0.15) is 0 Å². The zero-order valence-electron chi connectivity index (χ0n) is 9.56. The second kappa shape index (κ2) is 5.05. The van der Waals surface area contributed by atoms with Crippen LogP contribution in [0.1, 0.15) is 5.56 Å². The number of rotatable bonds is 4. The van der Waals surface area contributed by atoms with E-state index < -0.39 is 21.7 Å². The van der Waals surface area contributed by atoms with E-state index >= 15 is 0 Å². The quantitative estimate of drug-likeness (QED) is 0.605.